The standard InChI is InChI=1S/C19H12BrFN4O2/c20-14-3-1-2-12(10-14)11-25-17(26)9-8-16(23-25)19-22-18(24-27-19)13-4-6-15(21)7-5-13/h1-10H,11H2. The van der Waals surface area contributed by atoms with Crippen molar-refractivity contribution in [3.05, 3.63) is 86.9 Å². The molecule has 27 heavy (non-hydrogen) atoms. The Kier molecular flexibility index (Phi) is 4.64. The predicted octanol–water partition coefficient (Wildman–Crippen LogP) is 3.91. The second-order valence-corrected chi connectivity index (χ2v) is 6.69. The molecule has 134 valence electrons. The molecule has 0 saturated heterocycles. The van der Waals surface area contributed by atoms with Crippen LogP contribution in [0.3, 0.4) is 0 Å². The molecule has 0 unspecified atom stereocenters. The molecule has 2 aromatic heterocycles. The largest absolute Gasteiger partial charge is 0.332 e. The van der Waals surface area contributed by atoms with E-state index in [-0.39, 0.29) is 17.3 Å². The van der Waals surface area contributed by atoms with Crippen LogP contribution in [0, 0.1) is 5.82 Å². The number of nitrogens with zero attached hydrogens (tertiary/aromatic N) is 4. The van der Waals surface area contributed by atoms with Crippen molar-refractivity contribution in [2.45, 2.75) is 6.54 Å². The van der Waals surface area contributed by atoms with Gasteiger partial charge in [0.15, 0.2) is 0 Å². The van der Waals surface area contributed by atoms with Gasteiger partial charge in [-0.25, -0.2) is 9.07 Å². The van der Waals surface area contributed by atoms with Crippen LogP contribution in [0.1, 0.15) is 5.56 Å². The Hall–Kier alpha value is -3.13. The van der Waals surface area contributed by atoms with Gasteiger partial charge in [0, 0.05) is 16.1 Å². The van der Waals surface area contributed by atoms with E-state index in [0.717, 1.165) is 10.0 Å². The maximum Gasteiger partial charge on any atom is 0.278 e. The molecule has 2 aromatic carbocycles. The monoisotopic (exact) mass is 426 g/mol. The van der Waals surface area contributed by atoms with Gasteiger partial charge >= 0.3 is 0 Å². The molecule has 0 radical (unpaired) electrons. The second-order valence-electron chi connectivity index (χ2n) is 5.77. The predicted molar refractivity (Wildman–Crippen MR) is 100 cm³/mol. The van der Waals surface area contributed by atoms with Crippen LogP contribution < -0.4 is 5.56 Å². The third kappa shape index (κ3) is 3.85. The van der Waals surface area contributed by atoms with Crippen molar-refractivity contribution in [1.29, 1.82) is 0 Å². The number of hydrogen-bond donors (Lipinski definition) is 0. The molecule has 0 aliphatic carbocycles. The molecule has 0 saturated carbocycles. The quantitative estimate of drug-likeness (QED) is 0.494. The van der Waals surface area contributed by atoms with Crippen molar-refractivity contribution in [2.75, 3.05) is 0 Å². The summed E-state index contributed by atoms with van der Waals surface area (Å²) in [6.07, 6.45) is 0. The lowest BCUT2D eigenvalue weighted by Gasteiger charge is -2.05. The van der Waals surface area contributed by atoms with E-state index in [1.807, 2.05) is 24.3 Å². The molecule has 2 heterocycles. The average molecular weight is 427 g/mol. The van der Waals surface area contributed by atoms with Crippen LogP contribution in [-0.2, 0) is 6.54 Å². The highest BCUT2D eigenvalue weighted by Crippen LogP contribution is 2.20. The van der Waals surface area contributed by atoms with Crippen LogP contribution in [0.15, 0.2) is 74.5 Å². The third-order valence-electron chi connectivity index (χ3n) is 3.84. The fraction of sp³-hybridized carbons (Fsp3) is 0.0526. The second kappa shape index (κ2) is 7.24. The first kappa shape index (κ1) is 17.3. The van der Waals surface area contributed by atoms with Crippen molar-refractivity contribution >= 4 is 15.9 Å². The van der Waals surface area contributed by atoms with E-state index < -0.39 is 0 Å². The molecule has 0 aliphatic rings. The molecule has 0 bridgehead atoms. The van der Waals surface area contributed by atoms with E-state index in [0.29, 0.717) is 23.6 Å². The van der Waals surface area contributed by atoms with Gasteiger partial charge < -0.3 is 4.52 Å². The summed E-state index contributed by atoms with van der Waals surface area (Å²) in [5.41, 5.74) is 1.69. The zero-order valence-electron chi connectivity index (χ0n) is 13.8. The normalized spacial score (nSPS) is 10.9. The van der Waals surface area contributed by atoms with Crippen LogP contribution >= 0.6 is 15.9 Å². The minimum Gasteiger partial charge on any atom is -0.332 e. The fourth-order valence-corrected chi connectivity index (χ4v) is 2.97. The summed E-state index contributed by atoms with van der Waals surface area (Å²) in [4.78, 5) is 16.4. The lowest BCUT2D eigenvalue weighted by molar-refractivity contribution is 0.429. The number of aromatic nitrogens is 4. The molecule has 4 aromatic rings. The summed E-state index contributed by atoms with van der Waals surface area (Å²) >= 11 is 3.41. The van der Waals surface area contributed by atoms with Crippen molar-refractivity contribution in [2.24, 2.45) is 0 Å². The molecule has 0 atom stereocenters. The molecule has 0 fully saturated rings. The van der Waals surface area contributed by atoms with E-state index in [1.54, 1.807) is 12.1 Å². The van der Waals surface area contributed by atoms with Crippen molar-refractivity contribution < 1.29 is 8.91 Å². The fourth-order valence-electron chi connectivity index (χ4n) is 2.53. The zero-order valence-corrected chi connectivity index (χ0v) is 15.4. The van der Waals surface area contributed by atoms with Crippen LogP contribution in [-0.4, -0.2) is 19.9 Å². The maximum absolute atomic E-state index is 13.0. The van der Waals surface area contributed by atoms with E-state index in [1.165, 1.54) is 28.9 Å². The first-order valence-electron chi connectivity index (χ1n) is 8.01. The van der Waals surface area contributed by atoms with Gasteiger partial charge in [-0.2, -0.15) is 10.1 Å². The molecule has 4 rings (SSSR count). The number of hydrogen-bond acceptors (Lipinski definition) is 5. The van der Waals surface area contributed by atoms with Gasteiger partial charge in [0.1, 0.15) is 11.5 Å². The third-order valence-corrected chi connectivity index (χ3v) is 4.33. The Morgan fingerprint density at radius 3 is 2.67 bits per heavy atom. The zero-order chi connectivity index (χ0) is 18.8. The van der Waals surface area contributed by atoms with Gasteiger partial charge in [-0.3, -0.25) is 4.79 Å². The molecule has 0 aliphatic heterocycles. The minimum atomic E-state index is -0.344. The van der Waals surface area contributed by atoms with Gasteiger partial charge in [0.2, 0.25) is 5.82 Å². The summed E-state index contributed by atoms with van der Waals surface area (Å²) in [7, 11) is 0. The van der Waals surface area contributed by atoms with E-state index in [4.69, 9.17) is 4.52 Å². The number of rotatable bonds is 4. The first-order chi connectivity index (χ1) is 13.1. The summed E-state index contributed by atoms with van der Waals surface area (Å²) < 4.78 is 20.6. The summed E-state index contributed by atoms with van der Waals surface area (Å²) in [6.45, 7) is 0.311. The van der Waals surface area contributed by atoms with Gasteiger partial charge in [-0.1, -0.05) is 33.2 Å². The maximum atomic E-state index is 13.0. The lowest BCUT2D eigenvalue weighted by atomic mass is 10.2. The Morgan fingerprint density at radius 2 is 1.89 bits per heavy atom. The van der Waals surface area contributed by atoms with E-state index >= 15 is 0 Å². The number of benzene rings is 2. The molecule has 6 nitrogen and oxygen atoms in total. The van der Waals surface area contributed by atoms with Crippen LogP contribution in [0.5, 0.6) is 0 Å². The van der Waals surface area contributed by atoms with Crippen molar-refractivity contribution in [3.63, 3.8) is 0 Å². The van der Waals surface area contributed by atoms with Crippen LogP contribution in [0.25, 0.3) is 23.0 Å². The van der Waals surface area contributed by atoms with Crippen LogP contribution in [0.4, 0.5) is 4.39 Å². The molecular formula is C19H12BrFN4O2. The van der Waals surface area contributed by atoms with Crippen molar-refractivity contribution in [3.8, 4) is 23.0 Å². The topological polar surface area (TPSA) is 73.8 Å². The highest BCUT2D eigenvalue weighted by molar-refractivity contribution is 9.10. The Balaban J connectivity index is 1.65. The molecule has 0 N–H and O–H groups in total. The van der Waals surface area contributed by atoms with Crippen molar-refractivity contribution in [1.82, 2.24) is 19.9 Å². The Labute approximate surface area is 161 Å². The van der Waals surface area contributed by atoms with Crippen LogP contribution in [0.2, 0.25) is 0 Å². The average Bonchev–Trinajstić information content (AvgIpc) is 3.14. The van der Waals surface area contributed by atoms with E-state index in [2.05, 4.69) is 31.2 Å². The molecular weight excluding hydrogens is 415 g/mol. The minimum absolute atomic E-state index is 0.178. The van der Waals surface area contributed by atoms with Gasteiger partial charge in [0.25, 0.3) is 11.4 Å². The Bertz CT molecular complexity index is 1150. The van der Waals surface area contributed by atoms with Gasteiger partial charge in [0.05, 0.1) is 6.54 Å². The smallest absolute Gasteiger partial charge is 0.278 e. The SMILES string of the molecule is O=c1ccc(-c2nc(-c3ccc(F)cc3)no2)nn1Cc1cccc(Br)c1. The Morgan fingerprint density at radius 1 is 1.07 bits per heavy atom. The van der Waals surface area contributed by atoms with Gasteiger partial charge in [-0.15, -0.1) is 0 Å². The molecule has 0 amide bonds. The highest BCUT2D eigenvalue weighted by Gasteiger charge is 2.13. The molecule has 0 spiro atoms. The summed E-state index contributed by atoms with van der Waals surface area (Å²) in [5, 5.41) is 8.22. The summed E-state index contributed by atoms with van der Waals surface area (Å²) in [6, 6.07) is 16.3. The molecule has 8 heteroatoms. The number of halogens is 2. The first-order valence-corrected chi connectivity index (χ1v) is 8.80. The lowest BCUT2D eigenvalue weighted by Crippen LogP contribution is -2.22. The summed E-state index contributed by atoms with van der Waals surface area (Å²) in [5.74, 6) is 0.151. The van der Waals surface area contributed by atoms with Gasteiger partial charge in [-0.05, 0) is 48.0 Å². The highest BCUT2D eigenvalue weighted by atomic mass is 79.9. The van der Waals surface area contributed by atoms with E-state index in [9.17, 15) is 9.18 Å².